The van der Waals surface area contributed by atoms with Crippen LogP contribution >= 0.6 is 11.3 Å². The number of hydrogen-bond donors (Lipinski definition) is 1. The number of furan rings is 1. The molecule has 1 N–H and O–H groups in total. The standard InChI is InChI=1S/C22H23N5O3S/c1-2-17-23-22-27(24-17)21(29)19(31-22)18(15-7-4-3-5-8-15)25-10-12-26(13-11-25)20(28)16-9-6-14-30-16/h3-9,14,18,29H,2,10-13H2,1H3. The van der Waals surface area contributed by atoms with E-state index in [-0.39, 0.29) is 17.8 Å². The molecule has 31 heavy (non-hydrogen) atoms. The molecule has 0 spiro atoms. The number of aromatic nitrogens is 3. The number of aromatic hydroxyl groups is 1. The molecule has 0 aliphatic carbocycles. The van der Waals surface area contributed by atoms with Crippen LogP contribution < -0.4 is 0 Å². The number of piperazine rings is 1. The van der Waals surface area contributed by atoms with Crippen LogP contribution in [-0.4, -0.2) is 61.6 Å². The number of aryl methyl sites for hydroxylation is 1. The molecule has 1 amide bonds. The van der Waals surface area contributed by atoms with E-state index in [1.165, 1.54) is 22.1 Å². The fraction of sp³-hybridized carbons (Fsp3) is 0.318. The zero-order valence-corrected chi connectivity index (χ0v) is 18.0. The predicted molar refractivity (Wildman–Crippen MR) is 116 cm³/mol. The van der Waals surface area contributed by atoms with Crippen LogP contribution in [0, 0.1) is 0 Å². The third-order valence-corrected chi connectivity index (χ3v) is 6.69. The number of benzene rings is 1. The van der Waals surface area contributed by atoms with Gasteiger partial charge in [0.1, 0.15) is 0 Å². The van der Waals surface area contributed by atoms with Crippen LogP contribution in [0.3, 0.4) is 0 Å². The van der Waals surface area contributed by atoms with Crippen molar-refractivity contribution < 1.29 is 14.3 Å². The fourth-order valence-corrected chi connectivity index (χ4v) is 5.16. The topological polar surface area (TPSA) is 87.1 Å². The molecule has 3 aromatic heterocycles. The lowest BCUT2D eigenvalue weighted by molar-refractivity contribution is 0.0568. The van der Waals surface area contributed by atoms with Gasteiger partial charge >= 0.3 is 0 Å². The minimum atomic E-state index is -0.138. The van der Waals surface area contributed by atoms with Crippen molar-refractivity contribution in [2.75, 3.05) is 26.2 Å². The summed E-state index contributed by atoms with van der Waals surface area (Å²) in [6, 6.07) is 13.4. The van der Waals surface area contributed by atoms with Crippen molar-refractivity contribution in [1.82, 2.24) is 24.4 Å². The van der Waals surface area contributed by atoms with Gasteiger partial charge in [-0.25, -0.2) is 4.98 Å². The van der Waals surface area contributed by atoms with Gasteiger partial charge in [0, 0.05) is 32.6 Å². The van der Waals surface area contributed by atoms with Crippen molar-refractivity contribution in [3.63, 3.8) is 0 Å². The van der Waals surface area contributed by atoms with Gasteiger partial charge in [-0.3, -0.25) is 9.69 Å². The van der Waals surface area contributed by atoms with E-state index in [9.17, 15) is 9.90 Å². The van der Waals surface area contributed by atoms with Gasteiger partial charge in [-0.2, -0.15) is 4.52 Å². The van der Waals surface area contributed by atoms with E-state index in [2.05, 4.69) is 27.1 Å². The van der Waals surface area contributed by atoms with E-state index in [0.29, 0.717) is 36.9 Å². The van der Waals surface area contributed by atoms with Crippen molar-refractivity contribution in [1.29, 1.82) is 0 Å². The molecule has 1 aliphatic heterocycles. The van der Waals surface area contributed by atoms with Crippen LogP contribution in [0.15, 0.2) is 53.1 Å². The normalized spacial score (nSPS) is 16.1. The van der Waals surface area contributed by atoms with Gasteiger partial charge in [-0.05, 0) is 17.7 Å². The summed E-state index contributed by atoms with van der Waals surface area (Å²) < 4.78 is 6.80. The molecule has 1 saturated heterocycles. The largest absolute Gasteiger partial charge is 0.492 e. The van der Waals surface area contributed by atoms with E-state index < -0.39 is 0 Å². The first-order valence-corrected chi connectivity index (χ1v) is 11.2. The van der Waals surface area contributed by atoms with E-state index in [1.807, 2.05) is 30.0 Å². The number of nitrogens with zero attached hydrogens (tertiary/aromatic N) is 5. The maximum atomic E-state index is 12.6. The third-order valence-electron chi connectivity index (χ3n) is 5.62. The minimum absolute atomic E-state index is 0.0883. The molecule has 0 bridgehead atoms. The average molecular weight is 438 g/mol. The lowest BCUT2D eigenvalue weighted by atomic mass is 10.0. The lowest BCUT2D eigenvalue weighted by Gasteiger charge is -2.38. The first-order chi connectivity index (χ1) is 15.2. The number of rotatable bonds is 5. The van der Waals surface area contributed by atoms with Crippen LogP contribution in [0.2, 0.25) is 0 Å². The van der Waals surface area contributed by atoms with E-state index >= 15 is 0 Å². The highest BCUT2D eigenvalue weighted by atomic mass is 32.1. The third kappa shape index (κ3) is 3.60. The van der Waals surface area contributed by atoms with E-state index in [1.54, 1.807) is 12.1 Å². The Bertz CT molecular complexity index is 1180. The second-order valence-corrected chi connectivity index (χ2v) is 8.49. The van der Waals surface area contributed by atoms with Gasteiger partial charge in [0.2, 0.25) is 10.8 Å². The number of carbonyl (C=O) groups excluding carboxylic acids is 1. The molecule has 1 aromatic carbocycles. The molecular weight excluding hydrogens is 414 g/mol. The summed E-state index contributed by atoms with van der Waals surface area (Å²) in [5.74, 6) is 1.13. The Morgan fingerprint density at radius 3 is 2.58 bits per heavy atom. The van der Waals surface area contributed by atoms with Crippen molar-refractivity contribution in [2.24, 2.45) is 0 Å². The highest BCUT2D eigenvalue weighted by molar-refractivity contribution is 7.17. The zero-order chi connectivity index (χ0) is 21.4. The smallest absolute Gasteiger partial charge is 0.289 e. The summed E-state index contributed by atoms with van der Waals surface area (Å²) in [6.07, 6.45) is 2.24. The van der Waals surface area contributed by atoms with Gasteiger partial charge in [-0.1, -0.05) is 48.6 Å². The van der Waals surface area contributed by atoms with Crippen LogP contribution in [-0.2, 0) is 6.42 Å². The Kier molecular flexibility index (Phi) is 5.21. The number of amides is 1. The van der Waals surface area contributed by atoms with E-state index in [0.717, 1.165) is 22.7 Å². The average Bonchev–Trinajstić information content (AvgIpc) is 3.54. The SMILES string of the molecule is CCc1nc2sc(C(c3ccccc3)N3CCN(C(=O)c4ccco4)CC3)c(O)n2n1. The fourth-order valence-electron chi connectivity index (χ4n) is 4.02. The molecule has 0 saturated carbocycles. The highest BCUT2D eigenvalue weighted by Crippen LogP contribution is 2.40. The second-order valence-electron chi connectivity index (χ2n) is 7.48. The van der Waals surface area contributed by atoms with Gasteiger partial charge in [0.25, 0.3) is 5.91 Å². The van der Waals surface area contributed by atoms with Crippen molar-refractivity contribution in [3.05, 3.63) is 70.8 Å². The molecule has 0 radical (unpaired) electrons. The molecule has 1 fully saturated rings. The van der Waals surface area contributed by atoms with Crippen LogP contribution in [0.4, 0.5) is 0 Å². The molecular formula is C22H23N5O3S. The first-order valence-electron chi connectivity index (χ1n) is 10.3. The molecule has 1 unspecified atom stereocenters. The molecule has 1 aliphatic rings. The molecule has 4 aromatic rings. The lowest BCUT2D eigenvalue weighted by Crippen LogP contribution is -2.49. The van der Waals surface area contributed by atoms with Gasteiger partial charge < -0.3 is 14.4 Å². The van der Waals surface area contributed by atoms with Crippen molar-refractivity contribution in [3.8, 4) is 5.88 Å². The molecule has 5 rings (SSSR count). The molecule has 160 valence electrons. The number of hydrogen-bond acceptors (Lipinski definition) is 7. The van der Waals surface area contributed by atoms with Crippen LogP contribution in [0.25, 0.3) is 4.96 Å². The first kappa shape index (κ1) is 19.8. The summed E-state index contributed by atoms with van der Waals surface area (Å²) in [4.78, 5) is 22.8. The quantitative estimate of drug-likeness (QED) is 0.516. The van der Waals surface area contributed by atoms with Gasteiger partial charge in [0.05, 0.1) is 17.2 Å². The van der Waals surface area contributed by atoms with Crippen LogP contribution in [0.5, 0.6) is 5.88 Å². The van der Waals surface area contributed by atoms with Gasteiger partial charge in [0.15, 0.2) is 11.6 Å². The Morgan fingerprint density at radius 1 is 1.16 bits per heavy atom. The van der Waals surface area contributed by atoms with Crippen LogP contribution in [0.1, 0.15) is 39.8 Å². The second kappa shape index (κ2) is 8.16. The Labute approximate surface area is 183 Å². The molecule has 9 heteroatoms. The summed E-state index contributed by atoms with van der Waals surface area (Å²) in [5.41, 5.74) is 1.09. The summed E-state index contributed by atoms with van der Waals surface area (Å²) >= 11 is 1.46. The minimum Gasteiger partial charge on any atom is -0.492 e. The molecule has 4 heterocycles. The maximum absolute atomic E-state index is 12.6. The number of thiazole rings is 1. The summed E-state index contributed by atoms with van der Waals surface area (Å²) in [6.45, 7) is 4.53. The predicted octanol–water partition coefficient (Wildman–Crippen LogP) is 3.20. The number of fused-ring (bicyclic) bond motifs is 1. The molecule has 8 nitrogen and oxygen atoms in total. The summed E-state index contributed by atoms with van der Waals surface area (Å²) in [7, 11) is 0. The van der Waals surface area contributed by atoms with Crippen molar-refractivity contribution in [2.45, 2.75) is 19.4 Å². The van der Waals surface area contributed by atoms with Gasteiger partial charge in [-0.15, -0.1) is 5.10 Å². The van der Waals surface area contributed by atoms with E-state index in [4.69, 9.17) is 4.42 Å². The number of carbonyl (C=O) groups is 1. The maximum Gasteiger partial charge on any atom is 0.289 e. The molecule has 1 atom stereocenters. The Balaban J connectivity index is 1.44. The zero-order valence-electron chi connectivity index (χ0n) is 17.1. The Morgan fingerprint density at radius 2 is 1.94 bits per heavy atom. The Hall–Kier alpha value is -3.17. The highest BCUT2D eigenvalue weighted by Gasteiger charge is 2.33. The monoisotopic (exact) mass is 437 g/mol. The van der Waals surface area contributed by atoms with Crippen molar-refractivity contribution >= 4 is 22.2 Å². The summed E-state index contributed by atoms with van der Waals surface area (Å²) in [5, 5.41) is 15.4.